The topological polar surface area (TPSA) is 119 Å². The van der Waals surface area contributed by atoms with E-state index in [0.29, 0.717) is 0 Å². The maximum atomic E-state index is 11.6. The zero-order chi connectivity index (χ0) is 13.7. The lowest BCUT2D eigenvalue weighted by atomic mass is 10.2. The minimum Gasteiger partial charge on any atom is -0.508 e. The van der Waals surface area contributed by atoms with Crippen LogP contribution in [-0.4, -0.2) is 29.1 Å². The van der Waals surface area contributed by atoms with E-state index >= 15 is 0 Å². The molecule has 3 amide bonds. The first-order valence-corrected chi connectivity index (χ1v) is 5.00. The number of esters is 1. The Hall–Kier alpha value is -2.57. The lowest BCUT2D eigenvalue weighted by Crippen LogP contribution is -2.42. The van der Waals surface area contributed by atoms with Gasteiger partial charge >= 0.3 is 12.0 Å². The second-order valence-corrected chi connectivity index (χ2v) is 3.45. The fraction of sp³-hybridized carbons (Fsp3) is 0.182. The highest BCUT2D eigenvalue weighted by molar-refractivity contribution is 5.98. The predicted octanol–water partition coefficient (Wildman–Crippen LogP) is 0.132. The van der Waals surface area contributed by atoms with Gasteiger partial charge in [-0.25, -0.2) is 9.59 Å². The smallest absolute Gasteiger partial charge is 0.338 e. The molecule has 0 fully saturated rings. The van der Waals surface area contributed by atoms with E-state index in [1.54, 1.807) is 5.32 Å². The quantitative estimate of drug-likeness (QED) is 0.661. The highest BCUT2D eigenvalue weighted by Crippen LogP contribution is 2.11. The van der Waals surface area contributed by atoms with E-state index in [9.17, 15) is 14.4 Å². The Morgan fingerprint density at radius 2 is 1.83 bits per heavy atom. The van der Waals surface area contributed by atoms with Crippen molar-refractivity contribution in [2.24, 2.45) is 5.73 Å². The van der Waals surface area contributed by atoms with Crippen molar-refractivity contribution in [1.29, 1.82) is 0 Å². The summed E-state index contributed by atoms with van der Waals surface area (Å²) in [6.07, 6.45) is -1.15. The molecule has 1 rings (SSSR count). The van der Waals surface area contributed by atoms with Crippen molar-refractivity contribution in [3.05, 3.63) is 29.8 Å². The number of hydrogen-bond donors (Lipinski definition) is 3. The van der Waals surface area contributed by atoms with Gasteiger partial charge in [0.15, 0.2) is 6.10 Å². The number of aromatic hydroxyl groups is 1. The van der Waals surface area contributed by atoms with Crippen molar-refractivity contribution in [1.82, 2.24) is 5.32 Å². The molecule has 7 heteroatoms. The molecule has 0 spiro atoms. The largest absolute Gasteiger partial charge is 0.508 e. The van der Waals surface area contributed by atoms with Gasteiger partial charge in [-0.2, -0.15) is 0 Å². The number of rotatable bonds is 3. The maximum absolute atomic E-state index is 11.6. The summed E-state index contributed by atoms with van der Waals surface area (Å²) in [5.41, 5.74) is 4.92. The molecule has 0 saturated heterocycles. The average Bonchev–Trinajstić information content (AvgIpc) is 2.28. The molecule has 1 atom stereocenters. The number of amides is 3. The van der Waals surface area contributed by atoms with Crippen LogP contribution in [0.1, 0.15) is 17.3 Å². The van der Waals surface area contributed by atoms with Crippen LogP contribution < -0.4 is 11.1 Å². The van der Waals surface area contributed by atoms with E-state index in [2.05, 4.69) is 0 Å². The van der Waals surface area contributed by atoms with Crippen molar-refractivity contribution < 1.29 is 24.2 Å². The predicted molar refractivity (Wildman–Crippen MR) is 60.7 cm³/mol. The monoisotopic (exact) mass is 252 g/mol. The Kier molecular flexibility index (Phi) is 4.25. The number of ether oxygens (including phenoxy) is 1. The van der Waals surface area contributed by atoms with Gasteiger partial charge < -0.3 is 15.6 Å². The maximum Gasteiger partial charge on any atom is 0.338 e. The summed E-state index contributed by atoms with van der Waals surface area (Å²) in [6, 6.07) is 4.29. The number of nitrogens with two attached hydrogens (primary N) is 1. The molecule has 0 aliphatic carbocycles. The van der Waals surface area contributed by atoms with Crippen LogP contribution in [0, 0.1) is 0 Å². The summed E-state index contributed by atoms with van der Waals surface area (Å²) in [7, 11) is 0. The molecule has 0 heterocycles. The normalized spacial score (nSPS) is 11.4. The number of hydrogen-bond acceptors (Lipinski definition) is 5. The SMILES string of the molecule is C[C@H](OC(=O)c1ccc(O)cc1)C(=O)NC(N)=O. The second kappa shape index (κ2) is 5.67. The molecule has 0 aliphatic heterocycles. The van der Waals surface area contributed by atoms with Crippen molar-refractivity contribution in [2.75, 3.05) is 0 Å². The minimum atomic E-state index is -1.15. The van der Waals surface area contributed by atoms with E-state index in [1.807, 2.05) is 0 Å². The molecule has 0 saturated carbocycles. The summed E-state index contributed by atoms with van der Waals surface area (Å²) in [5.74, 6) is -1.55. The van der Waals surface area contributed by atoms with Gasteiger partial charge in [0.05, 0.1) is 5.56 Å². The molecular formula is C11H12N2O5. The first-order valence-electron chi connectivity index (χ1n) is 5.00. The standard InChI is InChI=1S/C11H12N2O5/c1-6(9(15)13-11(12)17)18-10(16)7-2-4-8(14)5-3-7/h2-6,14H,1H3,(H3,12,13,15,17)/t6-/m0/s1. The molecule has 0 radical (unpaired) electrons. The third kappa shape index (κ3) is 3.78. The molecule has 7 nitrogen and oxygen atoms in total. The zero-order valence-corrected chi connectivity index (χ0v) is 9.54. The van der Waals surface area contributed by atoms with Crippen molar-refractivity contribution >= 4 is 17.9 Å². The number of imide groups is 1. The number of carbonyl (C=O) groups excluding carboxylic acids is 3. The molecule has 0 aromatic heterocycles. The number of carbonyl (C=O) groups is 3. The molecule has 1 aromatic rings. The van der Waals surface area contributed by atoms with E-state index < -0.39 is 24.0 Å². The van der Waals surface area contributed by atoms with Gasteiger partial charge in [-0.3, -0.25) is 10.1 Å². The fourth-order valence-corrected chi connectivity index (χ4v) is 1.10. The third-order valence-electron chi connectivity index (χ3n) is 2.00. The molecule has 0 unspecified atom stereocenters. The van der Waals surface area contributed by atoms with Gasteiger partial charge in [-0.15, -0.1) is 0 Å². The zero-order valence-electron chi connectivity index (χ0n) is 9.54. The van der Waals surface area contributed by atoms with Crippen molar-refractivity contribution in [3.8, 4) is 5.75 Å². The Morgan fingerprint density at radius 3 is 2.33 bits per heavy atom. The lowest BCUT2D eigenvalue weighted by molar-refractivity contribution is -0.127. The van der Waals surface area contributed by atoms with Crippen LogP contribution in [0.5, 0.6) is 5.75 Å². The van der Waals surface area contributed by atoms with Crippen LogP contribution in [0.2, 0.25) is 0 Å². The van der Waals surface area contributed by atoms with Crippen LogP contribution >= 0.6 is 0 Å². The van der Waals surface area contributed by atoms with Crippen LogP contribution in [-0.2, 0) is 9.53 Å². The van der Waals surface area contributed by atoms with Crippen molar-refractivity contribution in [3.63, 3.8) is 0 Å². The molecular weight excluding hydrogens is 240 g/mol. The van der Waals surface area contributed by atoms with Gasteiger partial charge in [0.25, 0.3) is 5.91 Å². The number of benzene rings is 1. The summed E-state index contributed by atoms with van der Waals surface area (Å²) >= 11 is 0. The highest BCUT2D eigenvalue weighted by atomic mass is 16.5. The van der Waals surface area contributed by atoms with Crippen LogP contribution in [0.25, 0.3) is 0 Å². The van der Waals surface area contributed by atoms with E-state index in [4.69, 9.17) is 15.6 Å². The number of phenols is 1. The molecule has 0 bridgehead atoms. The Morgan fingerprint density at radius 1 is 1.28 bits per heavy atom. The number of primary amides is 1. The van der Waals surface area contributed by atoms with Gasteiger partial charge in [0.1, 0.15) is 5.75 Å². The van der Waals surface area contributed by atoms with E-state index in [-0.39, 0.29) is 11.3 Å². The Balaban J connectivity index is 2.62. The first-order chi connectivity index (χ1) is 8.40. The number of urea groups is 1. The second-order valence-electron chi connectivity index (χ2n) is 3.45. The summed E-state index contributed by atoms with van der Waals surface area (Å²) in [6.45, 7) is 1.30. The van der Waals surface area contributed by atoms with Crippen LogP contribution in [0.4, 0.5) is 4.79 Å². The summed E-state index contributed by atoms with van der Waals surface area (Å²) < 4.78 is 4.80. The fourth-order valence-electron chi connectivity index (χ4n) is 1.10. The van der Waals surface area contributed by atoms with Gasteiger partial charge in [-0.1, -0.05) is 0 Å². The highest BCUT2D eigenvalue weighted by Gasteiger charge is 2.19. The van der Waals surface area contributed by atoms with Crippen molar-refractivity contribution in [2.45, 2.75) is 13.0 Å². The molecule has 96 valence electrons. The molecule has 4 N–H and O–H groups in total. The summed E-state index contributed by atoms with van der Waals surface area (Å²) in [5, 5.41) is 10.8. The van der Waals surface area contributed by atoms with Crippen LogP contribution in [0.15, 0.2) is 24.3 Å². The molecule has 18 heavy (non-hydrogen) atoms. The molecule has 1 aromatic carbocycles. The van der Waals surface area contributed by atoms with Gasteiger partial charge in [0, 0.05) is 0 Å². The minimum absolute atomic E-state index is 0.00562. The van der Waals surface area contributed by atoms with Gasteiger partial charge in [0.2, 0.25) is 0 Å². The number of nitrogens with one attached hydrogen (secondary N) is 1. The lowest BCUT2D eigenvalue weighted by Gasteiger charge is -2.11. The van der Waals surface area contributed by atoms with Crippen LogP contribution in [0.3, 0.4) is 0 Å². The first kappa shape index (κ1) is 13.5. The van der Waals surface area contributed by atoms with Gasteiger partial charge in [-0.05, 0) is 31.2 Å². The van der Waals surface area contributed by atoms with E-state index in [0.717, 1.165) is 0 Å². The Labute approximate surface area is 103 Å². The third-order valence-corrected chi connectivity index (χ3v) is 2.00. The molecule has 0 aliphatic rings. The Bertz CT molecular complexity index is 469. The van der Waals surface area contributed by atoms with E-state index in [1.165, 1.54) is 31.2 Å². The average molecular weight is 252 g/mol. The summed E-state index contributed by atoms with van der Waals surface area (Å²) in [4.78, 5) is 33.2. The number of phenolic OH excluding ortho intramolecular Hbond substituents is 1.